The molecule has 1 saturated heterocycles. The summed E-state index contributed by atoms with van der Waals surface area (Å²) in [5.41, 5.74) is 0.110. The van der Waals surface area contributed by atoms with Crippen LogP contribution in [0.1, 0.15) is 10.4 Å². The third kappa shape index (κ3) is 2.43. The fraction of sp³-hybridized carbons (Fsp3) is 0.364. The van der Waals surface area contributed by atoms with Gasteiger partial charge in [-0.1, -0.05) is 0 Å². The van der Waals surface area contributed by atoms with E-state index in [1.807, 2.05) is 0 Å². The molecule has 1 heterocycles. The van der Waals surface area contributed by atoms with E-state index in [0.717, 1.165) is 12.1 Å². The van der Waals surface area contributed by atoms with Gasteiger partial charge in [0, 0.05) is 5.56 Å². The van der Waals surface area contributed by atoms with E-state index in [9.17, 15) is 13.6 Å². The Labute approximate surface area is 91.0 Å². The average Bonchev–Trinajstić information content (AvgIpc) is 2.19. The normalized spacial score (nSPS) is 15.9. The van der Waals surface area contributed by atoms with E-state index in [0.29, 0.717) is 13.2 Å². The van der Waals surface area contributed by atoms with Crippen LogP contribution in [-0.2, 0) is 9.47 Å². The lowest BCUT2D eigenvalue weighted by Gasteiger charge is -2.25. The van der Waals surface area contributed by atoms with E-state index in [1.165, 1.54) is 6.07 Å². The van der Waals surface area contributed by atoms with Crippen LogP contribution in [0.3, 0.4) is 0 Å². The molecule has 0 saturated carbocycles. The van der Waals surface area contributed by atoms with Crippen LogP contribution >= 0.6 is 0 Å². The summed E-state index contributed by atoms with van der Waals surface area (Å²) in [6, 6.07) is 3.04. The zero-order valence-electron chi connectivity index (χ0n) is 8.41. The predicted octanol–water partition coefficient (Wildman–Crippen LogP) is 1.56. The summed E-state index contributed by atoms with van der Waals surface area (Å²) in [4.78, 5) is 11.5. The van der Waals surface area contributed by atoms with Crippen LogP contribution in [0.5, 0.6) is 0 Å². The van der Waals surface area contributed by atoms with Gasteiger partial charge < -0.3 is 9.47 Å². The molecule has 1 aliphatic heterocycles. The van der Waals surface area contributed by atoms with Crippen molar-refractivity contribution in [3.05, 3.63) is 35.4 Å². The second kappa shape index (κ2) is 4.67. The van der Waals surface area contributed by atoms with Crippen LogP contribution in [0.15, 0.2) is 18.2 Å². The van der Waals surface area contributed by atoms with Crippen molar-refractivity contribution in [2.45, 2.75) is 6.10 Å². The van der Waals surface area contributed by atoms with Gasteiger partial charge in [0.25, 0.3) is 0 Å². The van der Waals surface area contributed by atoms with Crippen LogP contribution in [0.2, 0.25) is 0 Å². The Morgan fingerprint density at radius 3 is 2.69 bits per heavy atom. The van der Waals surface area contributed by atoms with Crippen LogP contribution in [-0.4, -0.2) is 31.7 Å². The molecule has 1 aliphatic rings. The molecule has 5 heteroatoms. The van der Waals surface area contributed by atoms with Crippen molar-refractivity contribution in [3.8, 4) is 0 Å². The topological polar surface area (TPSA) is 35.5 Å². The number of Topliss-reactive ketones (excluding diaryl/α,β-unsaturated/α-hetero) is 1. The van der Waals surface area contributed by atoms with Gasteiger partial charge >= 0.3 is 0 Å². The Hall–Kier alpha value is -1.33. The van der Waals surface area contributed by atoms with Gasteiger partial charge in [0.15, 0.2) is 17.4 Å². The van der Waals surface area contributed by atoms with Gasteiger partial charge in [-0.3, -0.25) is 4.79 Å². The minimum absolute atomic E-state index is 0.0609. The molecule has 0 aromatic heterocycles. The van der Waals surface area contributed by atoms with Gasteiger partial charge in [0.1, 0.15) is 12.7 Å². The second-order valence-electron chi connectivity index (χ2n) is 3.52. The van der Waals surface area contributed by atoms with Crippen molar-refractivity contribution in [2.75, 3.05) is 19.8 Å². The summed E-state index contributed by atoms with van der Waals surface area (Å²) in [5, 5.41) is 0. The third-order valence-electron chi connectivity index (χ3n) is 2.30. The van der Waals surface area contributed by atoms with E-state index in [4.69, 9.17) is 9.47 Å². The molecule has 3 nitrogen and oxygen atoms in total. The minimum atomic E-state index is -1.03. The molecule has 0 amide bonds. The molecule has 1 aromatic rings. The van der Waals surface area contributed by atoms with E-state index >= 15 is 0 Å². The molecule has 1 fully saturated rings. The number of rotatable bonds is 4. The highest BCUT2D eigenvalue weighted by molar-refractivity contribution is 5.97. The number of benzene rings is 1. The summed E-state index contributed by atoms with van der Waals surface area (Å²) >= 11 is 0. The van der Waals surface area contributed by atoms with Crippen LogP contribution in [0, 0.1) is 11.6 Å². The Morgan fingerprint density at radius 2 is 2.12 bits per heavy atom. The van der Waals surface area contributed by atoms with Crippen LogP contribution < -0.4 is 0 Å². The molecule has 0 bridgehead atoms. The van der Waals surface area contributed by atoms with Crippen molar-refractivity contribution in [1.82, 2.24) is 0 Å². The summed E-state index contributed by atoms with van der Waals surface area (Å²) < 4.78 is 35.5. The van der Waals surface area contributed by atoms with Crippen molar-refractivity contribution < 1.29 is 23.0 Å². The minimum Gasteiger partial charge on any atom is -0.376 e. The van der Waals surface area contributed by atoms with Gasteiger partial charge in [-0.05, 0) is 18.2 Å². The highest BCUT2D eigenvalue weighted by Gasteiger charge is 2.20. The summed E-state index contributed by atoms with van der Waals surface area (Å²) in [7, 11) is 0. The summed E-state index contributed by atoms with van der Waals surface area (Å²) in [5.74, 6) is -2.37. The lowest BCUT2D eigenvalue weighted by molar-refractivity contribution is -0.123. The maximum Gasteiger partial charge on any atom is 0.188 e. The molecule has 0 atom stereocenters. The molecule has 0 spiro atoms. The lowest BCUT2D eigenvalue weighted by atomic mass is 10.1. The van der Waals surface area contributed by atoms with E-state index in [-0.39, 0.29) is 24.1 Å². The van der Waals surface area contributed by atoms with Crippen LogP contribution in [0.4, 0.5) is 8.78 Å². The fourth-order valence-electron chi connectivity index (χ4n) is 1.26. The predicted molar refractivity (Wildman–Crippen MR) is 51.2 cm³/mol. The molecular weight excluding hydrogens is 218 g/mol. The quantitative estimate of drug-likeness (QED) is 0.734. The smallest absolute Gasteiger partial charge is 0.188 e. The molecule has 2 rings (SSSR count). The molecule has 16 heavy (non-hydrogen) atoms. The van der Waals surface area contributed by atoms with Crippen molar-refractivity contribution in [3.63, 3.8) is 0 Å². The number of hydrogen-bond donors (Lipinski definition) is 0. The van der Waals surface area contributed by atoms with Gasteiger partial charge in [-0.15, -0.1) is 0 Å². The fourth-order valence-corrected chi connectivity index (χ4v) is 1.26. The largest absolute Gasteiger partial charge is 0.376 e. The Kier molecular flexibility index (Phi) is 3.26. The number of carbonyl (C=O) groups excluding carboxylic acids is 1. The highest BCUT2D eigenvalue weighted by Crippen LogP contribution is 2.11. The zero-order chi connectivity index (χ0) is 11.5. The second-order valence-corrected chi connectivity index (χ2v) is 3.52. The average molecular weight is 228 g/mol. The monoisotopic (exact) mass is 228 g/mol. The Balaban J connectivity index is 1.94. The zero-order valence-corrected chi connectivity index (χ0v) is 8.41. The first-order valence-electron chi connectivity index (χ1n) is 4.84. The van der Waals surface area contributed by atoms with Crippen molar-refractivity contribution in [1.29, 1.82) is 0 Å². The number of ketones is 1. The van der Waals surface area contributed by atoms with Crippen molar-refractivity contribution >= 4 is 5.78 Å². The van der Waals surface area contributed by atoms with Crippen molar-refractivity contribution in [2.24, 2.45) is 0 Å². The van der Waals surface area contributed by atoms with Gasteiger partial charge in [0.2, 0.25) is 0 Å². The summed E-state index contributed by atoms with van der Waals surface area (Å²) in [6.07, 6.45) is -0.0609. The first-order chi connectivity index (χ1) is 7.66. The van der Waals surface area contributed by atoms with E-state index < -0.39 is 11.6 Å². The number of ether oxygens (including phenoxy) is 2. The molecular formula is C11H10F2O3. The molecule has 0 aliphatic carbocycles. The number of carbonyl (C=O) groups is 1. The van der Waals surface area contributed by atoms with Gasteiger partial charge in [-0.2, -0.15) is 0 Å². The molecule has 1 aromatic carbocycles. The van der Waals surface area contributed by atoms with Gasteiger partial charge in [-0.25, -0.2) is 8.78 Å². The molecule has 0 N–H and O–H groups in total. The lowest BCUT2D eigenvalue weighted by Crippen LogP contribution is -2.37. The van der Waals surface area contributed by atoms with E-state index in [2.05, 4.69) is 0 Å². The molecule has 0 radical (unpaired) electrons. The maximum atomic E-state index is 12.8. The first-order valence-corrected chi connectivity index (χ1v) is 4.84. The van der Waals surface area contributed by atoms with Crippen LogP contribution in [0.25, 0.3) is 0 Å². The standard InChI is InChI=1S/C11H10F2O3/c12-9-2-1-7(3-10(9)13)11(14)6-16-8-4-15-5-8/h1-3,8H,4-6H2. The summed E-state index contributed by atoms with van der Waals surface area (Å²) in [6.45, 7) is 0.815. The Morgan fingerprint density at radius 1 is 1.38 bits per heavy atom. The third-order valence-corrected chi connectivity index (χ3v) is 2.30. The Bertz CT molecular complexity index is 402. The van der Waals surface area contributed by atoms with E-state index in [1.54, 1.807) is 0 Å². The highest BCUT2D eigenvalue weighted by atomic mass is 19.2. The molecule has 0 unspecified atom stereocenters. The maximum absolute atomic E-state index is 12.8. The first kappa shape index (κ1) is 11.2. The SMILES string of the molecule is O=C(COC1COC1)c1ccc(F)c(F)c1. The van der Waals surface area contributed by atoms with Gasteiger partial charge in [0.05, 0.1) is 13.2 Å². The number of halogens is 2. The number of hydrogen-bond acceptors (Lipinski definition) is 3. The molecule has 86 valence electrons.